The van der Waals surface area contributed by atoms with Crippen LogP contribution in [0.5, 0.6) is 0 Å². The van der Waals surface area contributed by atoms with Crippen LogP contribution in [0, 0.1) is 0 Å². The van der Waals surface area contributed by atoms with Crippen molar-refractivity contribution in [2.24, 2.45) is 5.73 Å². The molecule has 0 saturated carbocycles. The van der Waals surface area contributed by atoms with Crippen LogP contribution in [0.4, 0.5) is 0 Å². The highest BCUT2D eigenvalue weighted by atomic mass is 32.2. The van der Waals surface area contributed by atoms with E-state index in [1.54, 1.807) is 0 Å². The van der Waals surface area contributed by atoms with Crippen molar-refractivity contribution in [2.75, 3.05) is 18.1 Å². The van der Waals surface area contributed by atoms with Gasteiger partial charge in [-0.25, -0.2) is 0 Å². The predicted molar refractivity (Wildman–Crippen MR) is 45.3 cm³/mol. The average molecular weight is 161 g/mol. The molecule has 0 bridgehead atoms. The summed E-state index contributed by atoms with van der Waals surface area (Å²) < 4.78 is 5.48. The first-order valence-corrected chi connectivity index (χ1v) is 4.95. The van der Waals surface area contributed by atoms with Crippen molar-refractivity contribution in [3.63, 3.8) is 0 Å². The SMILES string of the molecule is CCC(N)C1CSCCO1. The number of nitrogens with two attached hydrogens (primary N) is 1. The zero-order valence-corrected chi connectivity index (χ0v) is 7.19. The fraction of sp³-hybridized carbons (Fsp3) is 1.00. The molecule has 0 spiro atoms. The van der Waals surface area contributed by atoms with Crippen molar-refractivity contribution >= 4 is 11.8 Å². The van der Waals surface area contributed by atoms with E-state index in [-0.39, 0.29) is 6.04 Å². The van der Waals surface area contributed by atoms with E-state index < -0.39 is 0 Å². The minimum atomic E-state index is 0.243. The zero-order chi connectivity index (χ0) is 7.40. The topological polar surface area (TPSA) is 35.2 Å². The Balaban J connectivity index is 2.24. The molecule has 1 saturated heterocycles. The van der Waals surface area contributed by atoms with Crippen molar-refractivity contribution in [1.82, 2.24) is 0 Å². The van der Waals surface area contributed by atoms with Gasteiger partial charge in [0.25, 0.3) is 0 Å². The fourth-order valence-electron chi connectivity index (χ4n) is 1.02. The minimum absolute atomic E-state index is 0.243. The second kappa shape index (κ2) is 4.21. The maximum atomic E-state index is 5.81. The summed E-state index contributed by atoms with van der Waals surface area (Å²) in [5, 5.41) is 0. The van der Waals surface area contributed by atoms with Crippen LogP contribution in [-0.2, 0) is 4.74 Å². The lowest BCUT2D eigenvalue weighted by molar-refractivity contribution is 0.0563. The van der Waals surface area contributed by atoms with E-state index in [1.165, 1.54) is 0 Å². The lowest BCUT2D eigenvalue weighted by Crippen LogP contribution is -2.40. The van der Waals surface area contributed by atoms with E-state index >= 15 is 0 Å². The molecular weight excluding hydrogens is 146 g/mol. The Bertz CT molecular complexity index is 93.6. The third-order valence-electron chi connectivity index (χ3n) is 1.79. The summed E-state index contributed by atoms with van der Waals surface area (Å²) >= 11 is 1.94. The molecule has 1 fully saturated rings. The van der Waals surface area contributed by atoms with E-state index in [1.807, 2.05) is 11.8 Å². The van der Waals surface area contributed by atoms with Gasteiger partial charge in [0.05, 0.1) is 12.7 Å². The molecule has 0 aliphatic carbocycles. The highest BCUT2D eigenvalue weighted by molar-refractivity contribution is 7.99. The first-order valence-electron chi connectivity index (χ1n) is 3.79. The minimum Gasteiger partial charge on any atom is -0.375 e. The summed E-state index contributed by atoms with van der Waals surface area (Å²) in [5.74, 6) is 2.21. The van der Waals surface area contributed by atoms with Gasteiger partial charge in [0.15, 0.2) is 0 Å². The number of ether oxygens (including phenoxy) is 1. The summed E-state index contributed by atoms with van der Waals surface area (Å²) in [6.45, 7) is 2.98. The molecule has 2 atom stereocenters. The van der Waals surface area contributed by atoms with Gasteiger partial charge < -0.3 is 10.5 Å². The molecule has 0 aromatic heterocycles. The monoisotopic (exact) mass is 161 g/mol. The van der Waals surface area contributed by atoms with E-state index in [4.69, 9.17) is 10.5 Å². The molecule has 60 valence electrons. The second-order valence-corrected chi connectivity index (χ2v) is 3.71. The summed E-state index contributed by atoms with van der Waals surface area (Å²) in [6.07, 6.45) is 1.33. The molecule has 0 aromatic rings. The number of rotatable bonds is 2. The molecule has 0 amide bonds. The first-order chi connectivity index (χ1) is 4.84. The maximum Gasteiger partial charge on any atom is 0.0816 e. The van der Waals surface area contributed by atoms with E-state index in [9.17, 15) is 0 Å². The van der Waals surface area contributed by atoms with Crippen molar-refractivity contribution in [3.8, 4) is 0 Å². The molecule has 2 N–H and O–H groups in total. The summed E-state index contributed by atoms with van der Waals surface area (Å²) in [7, 11) is 0. The van der Waals surface area contributed by atoms with Gasteiger partial charge in [0.2, 0.25) is 0 Å². The number of hydrogen-bond donors (Lipinski definition) is 1. The van der Waals surface area contributed by atoms with Gasteiger partial charge in [-0.3, -0.25) is 0 Å². The molecule has 0 aromatic carbocycles. The van der Waals surface area contributed by atoms with Crippen molar-refractivity contribution < 1.29 is 4.74 Å². The summed E-state index contributed by atoms with van der Waals surface area (Å²) in [4.78, 5) is 0. The molecule has 1 heterocycles. The Labute approximate surface area is 66.5 Å². The number of hydrogen-bond acceptors (Lipinski definition) is 3. The first kappa shape index (κ1) is 8.37. The van der Waals surface area contributed by atoms with Crippen molar-refractivity contribution in [2.45, 2.75) is 25.5 Å². The van der Waals surface area contributed by atoms with Crippen LogP contribution in [0.25, 0.3) is 0 Å². The lowest BCUT2D eigenvalue weighted by Gasteiger charge is -2.26. The van der Waals surface area contributed by atoms with Gasteiger partial charge >= 0.3 is 0 Å². The lowest BCUT2D eigenvalue weighted by atomic mass is 10.1. The van der Waals surface area contributed by atoms with Gasteiger partial charge in [-0.15, -0.1) is 0 Å². The van der Waals surface area contributed by atoms with Gasteiger partial charge in [-0.1, -0.05) is 6.92 Å². The van der Waals surface area contributed by atoms with E-state index in [0.29, 0.717) is 6.10 Å². The largest absolute Gasteiger partial charge is 0.375 e. The van der Waals surface area contributed by atoms with E-state index in [0.717, 1.165) is 24.5 Å². The number of thioether (sulfide) groups is 1. The Morgan fingerprint density at radius 1 is 1.80 bits per heavy atom. The Morgan fingerprint density at radius 3 is 3.10 bits per heavy atom. The van der Waals surface area contributed by atoms with Crippen molar-refractivity contribution in [3.05, 3.63) is 0 Å². The van der Waals surface area contributed by atoms with Crippen LogP contribution in [0.2, 0.25) is 0 Å². The summed E-state index contributed by atoms with van der Waals surface area (Å²) in [6, 6.07) is 0.243. The highest BCUT2D eigenvalue weighted by Gasteiger charge is 2.19. The third kappa shape index (κ3) is 2.15. The maximum absolute atomic E-state index is 5.81. The van der Waals surface area contributed by atoms with E-state index in [2.05, 4.69) is 6.92 Å². The Kier molecular flexibility index (Phi) is 3.52. The van der Waals surface area contributed by atoms with Gasteiger partial charge in [0, 0.05) is 17.5 Å². The van der Waals surface area contributed by atoms with Gasteiger partial charge in [-0.05, 0) is 6.42 Å². The molecule has 2 nitrogen and oxygen atoms in total. The normalized spacial score (nSPS) is 30.0. The molecule has 0 radical (unpaired) electrons. The van der Waals surface area contributed by atoms with Gasteiger partial charge in [-0.2, -0.15) is 11.8 Å². The molecule has 1 aliphatic heterocycles. The quantitative estimate of drug-likeness (QED) is 0.652. The van der Waals surface area contributed by atoms with Gasteiger partial charge in [0.1, 0.15) is 0 Å². The zero-order valence-electron chi connectivity index (χ0n) is 6.38. The van der Waals surface area contributed by atoms with Crippen molar-refractivity contribution in [1.29, 1.82) is 0 Å². The Hall–Kier alpha value is 0.270. The van der Waals surface area contributed by atoms with Crippen LogP contribution in [0.1, 0.15) is 13.3 Å². The Morgan fingerprint density at radius 2 is 2.60 bits per heavy atom. The molecule has 1 rings (SSSR count). The second-order valence-electron chi connectivity index (χ2n) is 2.56. The van der Waals surface area contributed by atoms with Crippen LogP contribution < -0.4 is 5.73 Å². The standard InChI is InChI=1S/C7H15NOS/c1-2-6(8)7-5-10-4-3-9-7/h6-7H,2-5,8H2,1H3. The van der Waals surface area contributed by atoms with Crippen LogP contribution in [-0.4, -0.2) is 30.3 Å². The third-order valence-corrected chi connectivity index (χ3v) is 2.81. The average Bonchev–Trinajstić information content (AvgIpc) is 2.05. The summed E-state index contributed by atoms with van der Waals surface area (Å²) in [5.41, 5.74) is 5.81. The molecule has 3 heteroatoms. The highest BCUT2D eigenvalue weighted by Crippen LogP contribution is 2.15. The smallest absolute Gasteiger partial charge is 0.0816 e. The predicted octanol–water partition coefficient (Wildman–Crippen LogP) is 0.856. The fourth-order valence-corrected chi connectivity index (χ4v) is 1.97. The molecule has 1 aliphatic rings. The van der Waals surface area contributed by atoms with Crippen LogP contribution in [0.15, 0.2) is 0 Å². The van der Waals surface area contributed by atoms with Crippen LogP contribution in [0.3, 0.4) is 0 Å². The molecular formula is C7H15NOS. The molecule has 10 heavy (non-hydrogen) atoms. The van der Waals surface area contributed by atoms with Crippen LogP contribution >= 0.6 is 11.8 Å². The molecule has 2 unspecified atom stereocenters.